The third kappa shape index (κ3) is 5.13. The van der Waals surface area contributed by atoms with Gasteiger partial charge in [-0.15, -0.1) is 11.6 Å². The highest BCUT2D eigenvalue weighted by atomic mass is 35.5. The summed E-state index contributed by atoms with van der Waals surface area (Å²) in [5.41, 5.74) is 0.945. The van der Waals surface area contributed by atoms with Gasteiger partial charge >= 0.3 is 6.09 Å². The van der Waals surface area contributed by atoms with Crippen LogP contribution in [-0.4, -0.2) is 41.4 Å². The maximum absolute atomic E-state index is 12.1. The number of carbonyl (C=O) groups excluding carboxylic acids is 2. The average Bonchev–Trinajstić information content (AvgIpc) is 2.62. The summed E-state index contributed by atoms with van der Waals surface area (Å²) in [6, 6.07) is 9.45. The highest BCUT2D eigenvalue weighted by molar-refractivity contribution is 6.27. The van der Waals surface area contributed by atoms with Gasteiger partial charge in [-0.25, -0.2) is 4.79 Å². The number of nitrogens with one attached hydrogen (secondary N) is 1. The van der Waals surface area contributed by atoms with Gasteiger partial charge in [-0.3, -0.25) is 4.79 Å². The van der Waals surface area contributed by atoms with Crippen molar-refractivity contribution in [3.05, 3.63) is 35.9 Å². The summed E-state index contributed by atoms with van der Waals surface area (Å²) in [7, 11) is 0. The summed E-state index contributed by atoms with van der Waals surface area (Å²) >= 11 is 5.71. The zero-order valence-electron chi connectivity index (χ0n) is 14.0. The first kappa shape index (κ1) is 18.6. The molecule has 1 N–H and O–H groups in total. The van der Waals surface area contributed by atoms with Gasteiger partial charge in [0.25, 0.3) is 0 Å². The number of amides is 2. The second-order valence-corrected chi connectivity index (χ2v) is 6.25. The van der Waals surface area contributed by atoms with Gasteiger partial charge in [0.05, 0.1) is 12.1 Å². The lowest BCUT2D eigenvalue weighted by molar-refractivity contribution is -0.131. The first-order chi connectivity index (χ1) is 11.7. The molecular weight excluding hydrogens is 328 g/mol. The zero-order valence-corrected chi connectivity index (χ0v) is 14.8. The van der Waals surface area contributed by atoms with Crippen molar-refractivity contribution in [1.29, 1.82) is 0 Å². The Kier molecular flexibility index (Phi) is 7.37. The van der Waals surface area contributed by atoms with Gasteiger partial charge in [0, 0.05) is 6.54 Å². The molecule has 0 radical (unpaired) electrons. The molecule has 0 spiro atoms. The SMILES string of the molecule is CCN(C(=O)CCl)[C@@H]1CCCC[C@@H]1NC(=O)OCc1ccccc1. The summed E-state index contributed by atoms with van der Waals surface area (Å²) in [4.78, 5) is 25.9. The van der Waals surface area contributed by atoms with Crippen LogP contribution in [0.2, 0.25) is 0 Å². The first-order valence-electron chi connectivity index (χ1n) is 8.48. The summed E-state index contributed by atoms with van der Waals surface area (Å²) in [5.74, 6) is -0.120. The largest absolute Gasteiger partial charge is 0.445 e. The van der Waals surface area contributed by atoms with E-state index in [2.05, 4.69) is 5.32 Å². The van der Waals surface area contributed by atoms with Crippen LogP contribution in [-0.2, 0) is 16.1 Å². The van der Waals surface area contributed by atoms with Gasteiger partial charge in [0.1, 0.15) is 12.5 Å². The van der Waals surface area contributed by atoms with Crippen LogP contribution in [0.25, 0.3) is 0 Å². The highest BCUT2D eigenvalue weighted by Crippen LogP contribution is 2.24. The van der Waals surface area contributed by atoms with Crippen molar-refractivity contribution in [3.8, 4) is 0 Å². The Hall–Kier alpha value is -1.75. The molecule has 1 aliphatic rings. The lowest BCUT2D eigenvalue weighted by Crippen LogP contribution is -2.55. The Bertz CT molecular complexity index is 538. The molecule has 0 bridgehead atoms. The van der Waals surface area contributed by atoms with Crippen molar-refractivity contribution >= 4 is 23.6 Å². The Labute approximate surface area is 148 Å². The maximum Gasteiger partial charge on any atom is 0.407 e. The molecule has 2 amide bonds. The molecule has 0 aromatic heterocycles. The second-order valence-electron chi connectivity index (χ2n) is 5.98. The van der Waals surface area contributed by atoms with Crippen LogP contribution < -0.4 is 5.32 Å². The first-order valence-corrected chi connectivity index (χ1v) is 9.01. The number of hydrogen-bond donors (Lipinski definition) is 1. The standard InChI is InChI=1S/C18H25ClN2O3/c1-2-21(17(22)12-19)16-11-7-6-10-15(16)20-18(23)24-13-14-8-4-3-5-9-14/h3-5,8-9,15-16H,2,6-7,10-13H2,1H3,(H,20,23)/t15-,16+/m0/s1. The van der Waals surface area contributed by atoms with Crippen molar-refractivity contribution in [2.45, 2.75) is 51.3 Å². The van der Waals surface area contributed by atoms with Crippen molar-refractivity contribution in [2.75, 3.05) is 12.4 Å². The maximum atomic E-state index is 12.1. The zero-order chi connectivity index (χ0) is 17.4. The monoisotopic (exact) mass is 352 g/mol. The predicted octanol–water partition coefficient (Wildman–Crippen LogP) is 3.31. The molecular formula is C18H25ClN2O3. The van der Waals surface area contributed by atoms with Crippen LogP contribution in [0, 0.1) is 0 Å². The molecule has 6 heteroatoms. The minimum Gasteiger partial charge on any atom is -0.445 e. The summed E-state index contributed by atoms with van der Waals surface area (Å²) in [6.45, 7) is 2.76. The predicted molar refractivity (Wildman–Crippen MR) is 93.9 cm³/mol. The van der Waals surface area contributed by atoms with Gasteiger partial charge in [0.2, 0.25) is 5.91 Å². The van der Waals surface area contributed by atoms with E-state index >= 15 is 0 Å². The molecule has 0 saturated heterocycles. The van der Waals surface area contributed by atoms with Crippen LogP contribution >= 0.6 is 11.6 Å². The smallest absolute Gasteiger partial charge is 0.407 e. The highest BCUT2D eigenvalue weighted by Gasteiger charge is 2.33. The summed E-state index contributed by atoms with van der Waals surface area (Å²) < 4.78 is 5.30. The number of alkyl carbamates (subject to hydrolysis) is 1. The van der Waals surface area contributed by atoms with E-state index in [0.29, 0.717) is 6.54 Å². The third-order valence-electron chi connectivity index (χ3n) is 4.42. The normalized spacial score (nSPS) is 20.2. The fraction of sp³-hybridized carbons (Fsp3) is 0.556. The Balaban J connectivity index is 1.92. The fourth-order valence-corrected chi connectivity index (χ4v) is 3.39. The molecule has 2 rings (SSSR count). The quantitative estimate of drug-likeness (QED) is 0.799. The van der Waals surface area contributed by atoms with E-state index in [9.17, 15) is 9.59 Å². The van der Waals surface area contributed by atoms with Gasteiger partial charge in [-0.1, -0.05) is 43.2 Å². The molecule has 5 nitrogen and oxygen atoms in total. The van der Waals surface area contributed by atoms with Gasteiger partial charge in [0.15, 0.2) is 0 Å². The van der Waals surface area contributed by atoms with Gasteiger partial charge in [-0.2, -0.15) is 0 Å². The van der Waals surface area contributed by atoms with Gasteiger partial charge in [-0.05, 0) is 25.3 Å². The average molecular weight is 353 g/mol. The van der Waals surface area contributed by atoms with E-state index in [-0.39, 0.29) is 30.5 Å². The number of alkyl halides is 1. The van der Waals surface area contributed by atoms with E-state index in [4.69, 9.17) is 16.3 Å². The van der Waals surface area contributed by atoms with E-state index in [1.807, 2.05) is 37.3 Å². The molecule has 0 heterocycles. The molecule has 1 aliphatic carbocycles. The number of nitrogens with zero attached hydrogens (tertiary/aromatic N) is 1. The molecule has 1 aromatic rings. The third-order valence-corrected chi connectivity index (χ3v) is 4.65. The molecule has 0 aliphatic heterocycles. The topological polar surface area (TPSA) is 58.6 Å². The van der Waals surface area contributed by atoms with Crippen molar-refractivity contribution in [3.63, 3.8) is 0 Å². The van der Waals surface area contributed by atoms with Gasteiger partial charge < -0.3 is 15.0 Å². The summed E-state index contributed by atoms with van der Waals surface area (Å²) in [5, 5.41) is 2.93. The number of likely N-dealkylation sites (N-methyl/N-ethyl adjacent to an activating group) is 1. The number of halogens is 1. The van der Waals surface area contributed by atoms with Crippen molar-refractivity contribution in [2.24, 2.45) is 0 Å². The minimum absolute atomic E-state index is 0.0146. The van der Waals surface area contributed by atoms with E-state index < -0.39 is 6.09 Å². The Morgan fingerprint density at radius 2 is 1.96 bits per heavy atom. The number of ether oxygens (including phenoxy) is 1. The number of carbonyl (C=O) groups is 2. The molecule has 1 saturated carbocycles. The lowest BCUT2D eigenvalue weighted by atomic mass is 9.89. The van der Waals surface area contributed by atoms with Crippen LogP contribution in [0.1, 0.15) is 38.2 Å². The molecule has 24 heavy (non-hydrogen) atoms. The minimum atomic E-state index is -0.440. The van der Waals surface area contributed by atoms with Crippen molar-refractivity contribution in [1.82, 2.24) is 10.2 Å². The van der Waals surface area contributed by atoms with Crippen molar-refractivity contribution < 1.29 is 14.3 Å². The molecule has 0 unspecified atom stereocenters. The number of hydrogen-bond acceptors (Lipinski definition) is 3. The fourth-order valence-electron chi connectivity index (χ4n) is 3.24. The van der Waals surface area contributed by atoms with E-state index in [1.165, 1.54) is 0 Å². The van der Waals surface area contributed by atoms with Crippen LogP contribution in [0.4, 0.5) is 4.79 Å². The van der Waals surface area contributed by atoms with Crippen LogP contribution in [0.5, 0.6) is 0 Å². The molecule has 1 aromatic carbocycles. The van der Waals surface area contributed by atoms with E-state index in [0.717, 1.165) is 31.2 Å². The van der Waals surface area contributed by atoms with Crippen LogP contribution in [0.15, 0.2) is 30.3 Å². The second kappa shape index (κ2) is 9.52. The molecule has 2 atom stereocenters. The molecule has 132 valence electrons. The number of benzene rings is 1. The lowest BCUT2D eigenvalue weighted by Gasteiger charge is -2.39. The number of rotatable bonds is 6. The van der Waals surface area contributed by atoms with Crippen LogP contribution in [0.3, 0.4) is 0 Å². The van der Waals surface area contributed by atoms with E-state index in [1.54, 1.807) is 4.90 Å². The molecule has 1 fully saturated rings. The Morgan fingerprint density at radius 1 is 1.25 bits per heavy atom. The summed E-state index contributed by atoms with van der Waals surface area (Å²) in [6.07, 6.45) is 3.36. The Morgan fingerprint density at radius 3 is 2.62 bits per heavy atom.